The zero-order valence-electron chi connectivity index (χ0n) is 18.6. The van der Waals surface area contributed by atoms with Gasteiger partial charge in [-0.05, 0) is 51.4 Å². The lowest BCUT2D eigenvalue weighted by atomic mass is 10.2. The number of halogens is 2. The summed E-state index contributed by atoms with van der Waals surface area (Å²) < 4.78 is 29.7. The highest BCUT2D eigenvalue weighted by atomic mass is 32.2. The topological polar surface area (TPSA) is 54.3 Å². The van der Waals surface area contributed by atoms with E-state index in [0.29, 0.717) is 23.1 Å². The molecule has 0 bridgehead atoms. The number of nitrogens with zero attached hydrogens (tertiary/aromatic N) is 5. The van der Waals surface area contributed by atoms with Crippen LogP contribution < -0.4 is 0 Å². The lowest BCUT2D eigenvalue weighted by Crippen LogP contribution is -2.32. The molecule has 1 fully saturated rings. The Morgan fingerprint density at radius 3 is 2.61 bits per heavy atom. The van der Waals surface area contributed by atoms with Crippen molar-refractivity contribution >= 4 is 29.4 Å². The van der Waals surface area contributed by atoms with Gasteiger partial charge in [-0.25, -0.2) is 8.78 Å². The highest BCUT2D eigenvalue weighted by Gasteiger charge is 2.32. The Morgan fingerprint density at radius 2 is 1.91 bits per heavy atom. The minimum atomic E-state index is -0.335. The van der Waals surface area contributed by atoms with E-state index in [0.717, 1.165) is 11.4 Å². The molecule has 1 aromatic heterocycles. The van der Waals surface area contributed by atoms with Crippen molar-refractivity contribution in [1.82, 2.24) is 24.6 Å². The lowest BCUT2D eigenvalue weighted by Gasteiger charge is -2.24. The van der Waals surface area contributed by atoms with Crippen molar-refractivity contribution in [3.05, 3.63) is 71.6 Å². The molecule has 0 saturated carbocycles. The number of hydrogen-bond acceptors (Lipinski definition) is 6. The van der Waals surface area contributed by atoms with Gasteiger partial charge >= 0.3 is 0 Å². The van der Waals surface area contributed by atoms with Gasteiger partial charge in [-0.15, -0.1) is 22.0 Å². The van der Waals surface area contributed by atoms with Gasteiger partial charge in [-0.3, -0.25) is 14.3 Å². The first-order valence-electron chi connectivity index (χ1n) is 10.5. The van der Waals surface area contributed by atoms with Crippen LogP contribution in [0.2, 0.25) is 0 Å². The number of thioether (sulfide) groups is 2. The first kappa shape index (κ1) is 23.7. The molecule has 0 radical (unpaired) electrons. The predicted molar refractivity (Wildman–Crippen MR) is 127 cm³/mol. The molecule has 0 N–H and O–H groups in total. The fourth-order valence-corrected chi connectivity index (χ4v) is 5.72. The fourth-order valence-electron chi connectivity index (χ4n) is 3.58. The molecule has 1 aliphatic rings. The Hall–Kier alpha value is -2.43. The van der Waals surface area contributed by atoms with Crippen molar-refractivity contribution in [3.8, 4) is 5.69 Å². The molecule has 1 aliphatic heterocycles. The normalized spacial score (nSPS) is 17.0. The van der Waals surface area contributed by atoms with Gasteiger partial charge in [0.05, 0.1) is 11.8 Å². The van der Waals surface area contributed by atoms with Gasteiger partial charge in [-0.1, -0.05) is 30.0 Å². The molecule has 174 valence electrons. The maximum Gasteiger partial charge on any atom is 0.234 e. The molecule has 2 atom stereocenters. The van der Waals surface area contributed by atoms with E-state index in [4.69, 9.17) is 0 Å². The summed E-state index contributed by atoms with van der Waals surface area (Å²) in [6, 6.07) is 12.6. The molecule has 4 rings (SSSR count). The molecule has 33 heavy (non-hydrogen) atoms. The molecule has 0 unspecified atom stereocenters. The van der Waals surface area contributed by atoms with Crippen molar-refractivity contribution in [2.75, 3.05) is 32.1 Å². The van der Waals surface area contributed by atoms with Crippen LogP contribution in [-0.4, -0.2) is 62.6 Å². The summed E-state index contributed by atoms with van der Waals surface area (Å²) in [6.45, 7) is 2.57. The second kappa shape index (κ2) is 10.2. The predicted octanol–water partition coefficient (Wildman–Crippen LogP) is 4.53. The molecule has 10 heteroatoms. The van der Waals surface area contributed by atoms with Gasteiger partial charge in [0.1, 0.15) is 17.0 Å². The first-order valence-corrected chi connectivity index (χ1v) is 12.6. The Labute approximate surface area is 200 Å². The van der Waals surface area contributed by atoms with Crippen molar-refractivity contribution in [1.29, 1.82) is 0 Å². The van der Waals surface area contributed by atoms with Crippen LogP contribution in [0, 0.1) is 11.6 Å². The number of rotatable bonds is 7. The third kappa shape index (κ3) is 5.07. The molecule has 2 aromatic carbocycles. The van der Waals surface area contributed by atoms with E-state index >= 15 is 0 Å². The summed E-state index contributed by atoms with van der Waals surface area (Å²) in [5, 5.41) is 8.91. The van der Waals surface area contributed by atoms with E-state index in [2.05, 4.69) is 10.2 Å². The first-order chi connectivity index (χ1) is 15.9. The van der Waals surface area contributed by atoms with Crippen LogP contribution in [0.4, 0.5) is 8.78 Å². The molecular weight excluding hydrogens is 464 g/mol. The van der Waals surface area contributed by atoms with Crippen LogP contribution in [-0.2, 0) is 4.79 Å². The third-order valence-electron chi connectivity index (χ3n) is 5.60. The Bertz CT molecular complexity index is 1120. The number of carbonyl (C=O) groups excluding carboxylic acids is 1. The summed E-state index contributed by atoms with van der Waals surface area (Å²) in [5.41, 5.74) is 1.25. The SMILES string of the molecule is C[C@@H](c1nnc(SCC(=O)N2CCS[C@@H]2c2ccccc2F)n1-c1ccc(F)cc1)N(C)C. The van der Waals surface area contributed by atoms with Crippen molar-refractivity contribution in [3.63, 3.8) is 0 Å². The molecule has 1 saturated heterocycles. The van der Waals surface area contributed by atoms with E-state index in [-0.39, 0.29) is 34.7 Å². The lowest BCUT2D eigenvalue weighted by molar-refractivity contribution is -0.128. The fraction of sp³-hybridized carbons (Fsp3) is 0.348. The quantitative estimate of drug-likeness (QED) is 0.455. The highest BCUT2D eigenvalue weighted by molar-refractivity contribution is 8.00. The van der Waals surface area contributed by atoms with Crippen LogP contribution in [0.1, 0.15) is 29.7 Å². The minimum Gasteiger partial charge on any atom is -0.325 e. The smallest absolute Gasteiger partial charge is 0.234 e. The maximum absolute atomic E-state index is 14.3. The number of carbonyl (C=O) groups is 1. The summed E-state index contributed by atoms with van der Waals surface area (Å²) in [4.78, 5) is 16.8. The average molecular weight is 490 g/mol. The van der Waals surface area contributed by atoms with E-state index in [1.165, 1.54) is 30.0 Å². The molecule has 3 aromatic rings. The molecule has 2 heterocycles. The molecule has 1 amide bonds. The zero-order chi connectivity index (χ0) is 23.5. The van der Waals surface area contributed by atoms with Crippen molar-refractivity contribution in [2.24, 2.45) is 0 Å². The van der Waals surface area contributed by atoms with Gasteiger partial charge in [0.25, 0.3) is 0 Å². The van der Waals surface area contributed by atoms with E-state index in [1.807, 2.05) is 30.5 Å². The van der Waals surface area contributed by atoms with Gasteiger partial charge in [0, 0.05) is 23.5 Å². The van der Waals surface area contributed by atoms with Crippen LogP contribution >= 0.6 is 23.5 Å². The van der Waals surface area contributed by atoms with Gasteiger partial charge in [0.15, 0.2) is 11.0 Å². The van der Waals surface area contributed by atoms with Crippen LogP contribution in [0.5, 0.6) is 0 Å². The van der Waals surface area contributed by atoms with Gasteiger partial charge < -0.3 is 4.90 Å². The summed E-state index contributed by atoms with van der Waals surface area (Å²) >= 11 is 2.84. The number of aromatic nitrogens is 3. The second-order valence-corrected chi connectivity index (χ2v) is 10.0. The summed E-state index contributed by atoms with van der Waals surface area (Å²) in [5.74, 6) is 0.869. The van der Waals surface area contributed by atoms with E-state index < -0.39 is 0 Å². The van der Waals surface area contributed by atoms with Crippen LogP contribution in [0.15, 0.2) is 53.7 Å². The van der Waals surface area contributed by atoms with E-state index in [9.17, 15) is 13.6 Å². The standard InChI is InChI=1S/C23H25F2N5OS2/c1-15(28(2)3)21-26-27-23(30(21)17-10-8-16(24)9-11-17)33-14-20(31)29-12-13-32-22(29)18-6-4-5-7-19(18)25/h4-11,15,22H,12-14H2,1-3H3/t15-,22+/m0/s1. The molecule has 0 aliphatic carbocycles. The van der Waals surface area contributed by atoms with Crippen LogP contribution in [0.3, 0.4) is 0 Å². The number of benzene rings is 2. The Morgan fingerprint density at radius 1 is 1.18 bits per heavy atom. The summed E-state index contributed by atoms with van der Waals surface area (Å²) in [7, 11) is 3.89. The van der Waals surface area contributed by atoms with Gasteiger partial charge in [-0.2, -0.15) is 0 Å². The van der Waals surface area contributed by atoms with Crippen LogP contribution in [0.25, 0.3) is 5.69 Å². The zero-order valence-corrected chi connectivity index (χ0v) is 20.2. The second-order valence-electron chi connectivity index (χ2n) is 7.91. The van der Waals surface area contributed by atoms with Crippen molar-refractivity contribution < 1.29 is 13.6 Å². The monoisotopic (exact) mass is 489 g/mol. The minimum absolute atomic E-state index is 0.0481. The number of amides is 1. The highest BCUT2D eigenvalue weighted by Crippen LogP contribution is 2.39. The summed E-state index contributed by atoms with van der Waals surface area (Å²) in [6.07, 6.45) is 0. The van der Waals surface area contributed by atoms with Gasteiger partial charge in [0.2, 0.25) is 5.91 Å². The molecular formula is C23H25F2N5OS2. The average Bonchev–Trinajstić information content (AvgIpc) is 3.45. The largest absolute Gasteiger partial charge is 0.325 e. The third-order valence-corrected chi connectivity index (χ3v) is 7.75. The Kier molecular flexibility index (Phi) is 7.35. The number of hydrogen-bond donors (Lipinski definition) is 0. The van der Waals surface area contributed by atoms with Crippen molar-refractivity contribution in [2.45, 2.75) is 23.5 Å². The Balaban J connectivity index is 1.56. The maximum atomic E-state index is 14.3. The molecule has 6 nitrogen and oxygen atoms in total. The van der Waals surface area contributed by atoms with E-state index in [1.54, 1.807) is 47.0 Å². The molecule has 0 spiro atoms.